The molecule has 0 bridgehead atoms. The van der Waals surface area contributed by atoms with E-state index in [1.54, 1.807) is 0 Å². The van der Waals surface area contributed by atoms with Gasteiger partial charge in [0.2, 0.25) is 0 Å². The molecule has 1 aliphatic carbocycles. The molecule has 0 fully saturated rings. The van der Waals surface area contributed by atoms with E-state index in [9.17, 15) is 0 Å². The van der Waals surface area contributed by atoms with Crippen LogP contribution in [0.25, 0.3) is 55.7 Å². The van der Waals surface area contributed by atoms with Crippen LogP contribution in [-0.4, -0.2) is 33.0 Å². The predicted molar refractivity (Wildman–Crippen MR) is 209 cm³/mol. The van der Waals surface area contributed by atoms with Crippen molar-refractivity contribution in [2.75, 3.05) is 13.6 Å². The van der Waals surface area contributed by atoms with E-state index >= 15 is 0 Å². The fourth-order valence-corrected chi connectivity index (χ4v) is 8.50. The molecule has 8 aromatic rings. The number of allylic oxidation sites excluding steroid dienone is 2. The Morgan fingerprint density at radius 1 is 0.569 bits per heavy atom. The van der Waals surface area contributed by atoms with Gasteiger partial charge in [0.05, 0.1) is 44.9 Å². The third kappa shape index (κ3) is 4.39. The first-order chi connectivity index (χ1) is 25.2. The van der Waals surface area contributed by atoms with Crippen LogP contribution in [0.4, 0.5) is 0 Å². The highest BCUT2D eigenvalue weighted by Gasteiger charge is 2.46. The van der Waals surface area contributed by atoms with E-state index in [-0.39, 0.29) is 0 Å². The molecule has 0 spiro atoms. The Hall–Kier alpha value is -6.52. The lowest BCUT2D eigenvalue weighted by atomic mass is 9.67. The molecule has 0 saturated heterocycles. The average molecular weight is 655 g/mol. The van der Waals surface area contributed by atoms with Crippen molar-refractivity contribution in [1.29, 1.82) is 0 Å². The smallest absolute Gasteiger partial charge is 0.0915 e. The summed E-state index contributed by atoms with van der Waals surface area (Å²) in [5, 5.41) is 2.43. The van der Waals surface area contributed by atoms with Crippen molar-refractivity contribution in [2.45, 2.75) is 5.41 Å². The van der Waals surface area contributed by atoms with Crippen molar-refractivity contribution in [3.63, 3.8) is 0 Å². The molecule has 2 aliphatic rings. The van der Waals surface area contributed by atoms with Crippen LogP contribution in [0, 0.1) is 0 Å². The molecule has 0 atom stereocenters. The fraction of sp³-hybridized carbons (Fsp3) is 0.0638. The van der Waals surface area contributed by atoms with Gasteiger partial charge < -0.3 is 9.47 Å². The molecule has 0 unspecified atom stereocenters. The van der Waals surface area contributed by atoms with E-state index in [0.29, 0.717) is 0 Å². The summed E-state index contributed by atoms with van der Waals surface area (Å²) < 4.78 is 2.43. The van der Waals surface area contributed by atoms with Gasteiger partial charge in [0.15, 0.2) is 0 Å². The van der Waals surface area contributed by atoms with Gasteiger partial charge in [-0.15, -0.1) is 0 Å². The van der Waals surface area contributed by atoms with Crippen molar-refractivity contribution < 1.29 is 0 Å². The molecule has 0 N–H and O–H groups in total. The van der Waals surface area contributed by atoms with Gasteiger partial charge in [0, 0.05) is 30.6 Å². The van der Waals surface area contributed by atoms with E-state index in [1.165, 1.54) is 44.2 Å². The molecular formula is C47H34N4. The molecular weight excluding hydrogens is 621 g/mol. The van der Waals surface area contributed by atoms with Gasteiger partial charge >= 0.3 is 0 Å². The summed E-state index contributed by atoms with van der Waals surface area (Å²) in [7, 11) is 2.12. The SMILES string of the molecule is CN1CC=CC=C1c1cc(-n2c3ccccc3c3ccc(C4(c5ccccc5)c5ccccc5-c5ccccc54)cc32)cc(-c2ccccn2)n1. The van der Waals surface area contributed by atoms with Gasteiger partial charge in [-0.3, -0.25) is 4.98 Å². The molecule has 5 aromatic carbocycles. The fourth-order valence-electron chi connectivity index (χ4n) is 8.50. The molecule has 242 valence electrons. The van der Waals surface area contributed by atoms with Crippen LogP contribution in [0.5, 0.6) is 0 Å². The maximum atomic E-state index is 5.21. The van der Waals surface area contributed by atoms with Crippen molar-refractivity contribution in [3.8, 4) is 28.2 Å². The summed E-state index contributed by atoms with van der Waals surface area (Å²) >= 11 is 0. The lowest BCUT2D eigenvalue weighted by Crippen LogP contribution is -2.28. The number of fused-ring (bicyclic) bond motifs is 6. The lowest BCUT2D eigenvalue weighted by molar-refractivity contribution is 0.529. The number of benzene rings is 5. The summed E-state index contributed by atoms with van der Waals surface area (Å²) in [4.78, 5) is 12.2. The number of pyridine rings is 2. The predicted octanol–water partition coefficient (Wildman–Crippen LogP) is 10.4. The molecule has 4 heteroatoms. The lowest BCUT2D eigenvalue weighted by Gasteiger charge is -2.34. The monoisotopic (exact) mass is 654 g/mol. The minimum absolute atomic E-state index is 0.492. The molecule has 0 amide bonds. The van der Waals surface area contributed by atoms with Crippen LogP contribution < -0.4 is 0 Å². The number of likely N-dealkylation sites (N-methyl/N-ethyl adjacent to an activating group) is 1. The highest BCUT2D eigenvalue weighted by Crippen LogP contribution is 2.56. The van der Waals surface area contributed by atoms with Crippen LogP contribution >= 0.6 is 0 Å². The molecule has 51 heavy (non-hydrogen) atoms. The van der Waals surface area contributed by atoms with Gasteiger partial charge in [-0.25, -0.2) is 4.98 Å². The van der Waals surface area contributed by atoms with Crippen LogP contribution in [0.3, 0.4) is 0 Å². The van der Waals surface area contributed by atoms with Crippen molar-refractivity contribution in [2.24, 2.45) is 0 Å². The number of aromatic nitrogens is 3. The number of nitrogens with zero attached hydrogens (tertiary/aromatic N) is 4. The average Bonchev–Trinajstić information content (AvgIpc) is 3.69. The Kier molecular flexibility index (Phi) is 6.65. The molecule has 4 heterocycles. The van der Waals surface area contributed by atoms with E-state index in [2.05, 4.69) is 168 Å². The van der Waals surface area contributed by atoms with Gasteiger partial charge in [-0.1, -0.05) is 127 Å². The first-order valence-corrected chi connectivity index (χ1v) is 17.5. The molecule has 3 aromatic heterocycles. The summed E-state index contributed by atoms with van der Waals surface area (Å²) in [5.41, 5.74) is 14.2. The van der Waals surface area contributed by atoms with Crippen LogP contribution in [0.15, 0.2) is 176 Å². The normalized spacial score (nSPS) is 14.5. The third-order valence-corrected chi connectivity index (χ3v) is 10.7. The zero-order chi connectivity index (χ0) is 33.9. The summed E-state index contributed by atoms with van der Waals surface area (Å²) in [5.74, 6) is 0. The van der Waals surface area contributed by atoms with Crippen LogP contribution in [-0.2, 0) is 5.41 Å². The standard InChI is InChI=1S/C47H34N4/c1-50-28-14-12-24-45(50)43-31-34(30-42(49-43)41-22-11-13-27-48-41)51-44-23-10-7-19-37(44)38-26-25-33(29-46(38)51)47(32-15-3-2-4-16-32)39-20-8-5-17-35(39)36-18-6-9-21-40(36)47/h2-27,29-31H,28H2,1H3. The van der Waals surface area contributed by atoms with Crippen molar-refractivity contribution >= 4 is 27.5 Å². The minimum atomic E-state index is -0.492. The van der Waals surface area contributed by atoms with Crippen molar-refractivity contribution in [3.05, 3.63) is 204 Å². The molecule has 4 nitrogen and oxygen atoms in total. The maximum absolute atomic E-state index is 5.21. The van der Waals surface area contributed by atoms with Gasteiger partial charge in [-0.05, 0) is 75.9 Å². The number of hydrogen-bond acceptors (Lipinski definition) is 3. The second kappa shape index (κ2) is 11.5. The van der Waals surface area contributed by atoms with Gasteiger partial charge in [-0.2, -0.15) is 0 Å². The van der Waals surface area contributed by atoms with E-state index in [0.717, 1.165) is 46.0 Å². The Morgan fingerprint density at radius 3 is 2.02 bits per heavy atom. The second-order valence-corrected chi connectivity index (χ2v) is 13.5. The summed E-state index contributed by atoms with van der Waals surface area (Å²) in [6.45, 7) is 0.833. The van der Waals surface area contributed by atoms with Crippen molar-refractivity contribution in [1.82, 2.24) is 19.4 Å². The molecule has 10 rings (SSSR count). The molecule has 1 aliphatic heterocycles. The quantitative estimate of drug-likeness (QED) is 0.185. The van der Waals surface area contributed by atoms with E-state index in [4.69, 9.17) is 9.97 Å². The largest absolute Gasteiger partial charge is 0.369 e. The zero-order valence-electron chi connectivity index (χ0n) is 28.2. The number of hydrogen-bond donors (Lipinski definition) is 0. The zero-order valence-corrected chi connectivity index (χ0v) is 28.2. The Balaban J connectivity index is 1.30. The number of para-hydroxylation sites is 1. The first-order valence-electron chi connectivity index (χ1n) is 17.5. The first kappa shape index (κ1) is 29.4. The summed E-state index contributed by atoms with van der Waals surface area (Å²) in [6.07, 6.45) is 8.28. The number of rotatable bonds is 5. The van der Waals surface area contributed by atoms with E-state index in [1.807, 2.05) is 24.4 Å². The highest BCUT2D eigenvalue weighted by atomic mass is 15.1. The molecule has 0 saturated carbocycles. The Morgan fingerprint density at radius 2 is 1.25 bits per heavy atom. The topological polar surface area (TPSA) is 34.0 Å². The summed E-state index contributed by atoms with van der Waals surface area (Å²) in [6, 6.07) is 55.2. The maximum Gasteiger partial charge on any atom is 0.0915 e. The third-order valence-electron chi connectivity index (χ3n) is 10.7. The van der Waals surface area contributed by atoms with E-state index < -0.39 is 5.41 Å². The van der Waals surface area contributed by atoms with Crippen LogP contribution in [0.2, 0.25) is 0 Å². The van der Waals surface area contributed by atoms with Crippen LogP contribution in [0.1, 0.15) is 27.9 Å². The Bertz CT molecular complexity index is 2640. The highest BCUT2D eigenvalue weighted by molar-refractivity contribution is 6.10. The second-order valence-electron chi connectivity index (χ2n) is 13.5. The van der Waals surface area contributed by atoms with Gasteiger partial charge in [0.25, 0.3) is 0 Å². The molecule has 0 radical (unpaired) electrons. The Labute approximate surface area is 297 Å². The van der Waals surface area contributed by atoms with Gasteiger partial charge in [0.1, 0.15) is 0 Å². The minimum Gasteiger partial charge on any atom is -0.369 e.